The molecule has 2 aromatic rings. The number of nitrogens with zero attached hydrogens (tertiary/aromatic N) is 1. The zero-order valence-corrected chi connectivity index (χ0v) is 11.5. The third-order valence-electron chi connectivity index (χ3n) is 2.40. The topological polar surface area (TPSA) is 37.9 Å². The Morgan fingerprint density at radius 2 is 1.89 bits per heavy atom. The molecule has 0 bridgehead atoms. The van der Waals surface area contributed by atoms with E-state index in [2.05, 4.69) is 9.97 Å². The van der Waals surface area contributed by atoms with E-state index in [0.29, 0.717) is 4.64 Å². The third-order valence-corrected chi connectivity index (χ3v) is 2.61. The van der Waals surface area contributed by atoms with Crippen LogP contribution in [0.25, 0.3) is 11.3 Å². The molecule has 18 heavy (non-hydrogen) atoms. The van der Waals surface area contributed by atoms with Crippen LogP contribution >= 0.6 is 12.2 Å². The Balaban J connectivity index is 2.31. The molecule has 2 rings (SSSR count). The summed E-state index contributed by atoms with van der Waals surface area (Å²) >= 11 is 5.11. The van der Waals surface area contributed by atoms with E-state index in [9.17, 15) is 0 Å². The zero-order chi connectivity index (χ0) is 13.1. The van der Waals surface area contributed by atoms with Crippen LogP contribution in [0.1, 0.15) is 19.7 Å². The van der Waals surface area contributed by atoms with Gasteiger partial charge < -0.3 is 9.72 Å². The van der Waals surface area contributed by atoms with Gasteiger partial charge in [-0.25, -0.2) is 4.98 Å². The molecular formula is C14H16N2OS. The molecule has 4 heteroatoms. The monoisotopic (exact) mass is 260 g/mol. The summed E-state index contributed by atoms with van der Waals surface area (Å²) in [6.45, 7) is 5.92. The molecule has 3 nitrogen and oxygen atoms in total. The average molecular weight is 260 g/mol. The van der Waals surface area contributed by atoms with Crippen molar-refractivity contribution in [2.75, 3.05) is 0 Å². The van der Waals surface area contributed by atoms with Crippen molar-refractivity contribution in [3.8, 4) is 17.0 Å². The predicted octanol–water partition coefficient (Wildman–Crippen LogP) is 3.90. The lowest BCUT2D eigenvalue weighted by Crippen LogP contribution is -2.05. The Morgan fingerprint density at radius 1 is 1.22 bits per heavy atom. The maximum atomic E-state index is 5.61. The van der Waals surface area contributed by atoms with Crippen LogP contribution < -0.4 is 4.74 Å². The molecule has 1 N–H and O–H groups in total. The summed E-state index contributed by atoms with van der Waals surface area (Å²) in [6.07, 6.45) is 0.185. The first-order chi connectivity index (χ1) is 8.54. The van der Waals surface area contributed by atoms with Gasteiger partial charge in [-0.2, -0.15) is 0 Å². The van der Waals surface area contributed by atoms with Gasteiger partial charge in [-0.3, -0.25) is 0 Å². The molecule has 0 saturated carbocycles. The van der Waals surface area contributed by atoms with Gasteiger partial charge in [-0.15, -0.1) is 0 Å². The highest BCUT2D eigenvalue weighted by molar-refractivity contribution is 7.71. The molecule has 0 saturated heterocycles. The van der Waals surface area contributed by atoms with Crippen LogP contribution in [0.5, 0.6) is 5.75 Å². The van der Waals surface area contributed by atoms with Crippen molar-refractivity contribution in [1.82, 2.24) is 9.97 Å². The smallest absolute Gasteiger partial charge is 0.130 e. The first-order valence-electron chi connectivity index (χ1n) is 5.89. The van der Waals surface area contributed by atoms with Gasteiger partial charge in [0.05, 0.1) is 6.10 Å². The van der Waals surface area contributed by atoms with Gasteiger partial charge in [-0.1, -0.05) is 12.2 Å². The maximum Gasteiger partial charge on any atom is 0.130 e. The Labute approximate surface area is 112 Å². The van der Waals surface area contributed by atoms with Gasteiger partial charge in [0.15, 0.2) is 0 Å². The highest BCUT2D eigenvalue weighted by atomic mass is 32.1. The largest absolute Gasteiger partial charge is 0.491 e. The molecule has 0 spiro atoms. The number of rotatable bonds is 3. The molecule has 0 radical (unpaired) electrons. The van der Waals surface area contributed by atoms with Gasteiger partial charge in [0.1, 0.15) is 16.2 Å². The minimum absolute atomic E-state index is 0.185. The quantitative estimate of drug-likeness (QED) is 0.850. The number of hydrogen-bond acceptors (Lipinski definition) is 3. The summed E-state index contributed by atoms with van der Waals surface area (Å²) in [6, 6.07) is 9.81. The second kappa shape index (κ2) is 5.31. The van der Waals surface area contributed by atoms with Crippen LogP contribution in [0.15, 0.2) is 30.3 Å². The molecule has 0 unspecified atom stereocenters. The van der Waals surface area contributed by atoms with Crippen LogP contribution in [0.3, 0.4) is 0 Å². The fourth-order valence-electron chi connectivity index (χ4n) is 1.72. The molecule has 0 aliphatic rings. The summed E-state index contributed by atoms with van der Waals surface area (Å²) in [4.78, 5) is 7.36. The van der Waals surface area contributed by atoms with E-state index < -0.39 is 0 Å². The molecule has 0 amide bonds. The maximum absolute atomic E-state index is 5.61. The van der Waals surface area contributed by atoms with Gasteiger partial charge in [0.25, 0.3) is 0 Å². The number of aromatic amines is 1. The molecule has 0 aliphatic heterocycles. The van der Waals surface area contributed by atoms with Crippen molar-refractivity contribution in [2.24, 2.45) is 0 Å². The molecule has 0 atom stereocenters. The highest BCUT2D eigenvalue weighted by Crippen LogP contribution is 2.21. The molecular weight excluding hydrogens is 244 g/mol. The zero-order valence-electron chi connectivity index (χ0n) is 10.7. The minimum atomic E-state index is 0.185. The summed E-state index contributed by atoms with van der Waals surface area (Å²) < 4.78 is 6.21. The minimum Gasteiger partial charge on any atom is -0.491 e. The first kappa shape index (κ1) is 12.8. The van der Waals surface area contributed by atoms with Crippen LogP contribution in [-0.4, -0.2) is 16.1 Å². The van der Waals surface area contributed by atoms with Crippen molar-refractivity contribution < 1.29 is 4.74 Å². The van der Waals surface area contributed by atoms with E-state index in [0.717, 1.165) is 22.8 Å². The molecule has 1 aromatic carbocycles. The molecule has 1 heterocycles. The Morgan fingerprint density at radius 3 is 2.44 bits per heavy atom. The number of hydrogen-bond donors (Lipinski definition) is 1. The van der Waals surface area contributed by atoms with Gasteiger partial charge >= 0.3 is 0 Å². The lowest BCUT2D eigenvalue weighted by Gasteiger charge is -2.10. The van der Waals surface area contributed by atoms with E-state index >= 15 is 0 Å². The summed E-state index contributed by atoms with van der Waals surface area (Å²) in [7, 11) is 0. The highest BCUT2D eigenvalue weighted by Gasteiger charge is 2.01. The SMILES string of the molecule is Cc1nc(=S)cc(-c2ccc(OC(C)C)cc2)[nH]1. The van der Waals surface area contributed by atoms with Gasteiger partial charge in [0, 0.05) is 5.69 Å². The summed E-state index contributed by atoms with van der Waals surface area (Å²) in [5.41, 5.74) is 2.05. The lowest BCUT2D eigenvalue weighted by atomic mass is 10.1. The van der Waals surface area contributed by atoms with E-state index in [4.69, 9.17) is 17.0 Å². The van der Waals surface area contributed by atoms with Crippen LogP contribution in [0, 0.1) is 11.6 Å². The van der Waals surface area contributed by atoms with Crippen LogP contribution in [0.4, 0.5) is 0 Å². The Kier molecular flexibility index (Phi) is 3.77. The fourth-order valence-corrected chi connectivity index (χ4v) is 1.98. The van der Waals surface area contributed by atoms with E-state index in [1.165, 1.54) is 0 Å². The Bertz CT molecular complexity index is 587. The summed E-state index contributed by atoms with van der Waals surface area (Å²) in [5.74, 6) is 1.69. The van der Waals surface area contributed by atoms with Crippen LogP contribution in [-0.2, 0) is 0 Å². The lowest BCUT2D eigenvalue weighted by molar-refractivity contribution is 0.242. The van der Waals surface area contributed by atoms with Crippen molar-refractivity contribution >= 4 is 12.2 Å². The molecule has 0 aliphatic carbocycles. The molecule has 0 fully saturated rings. The molecule has 1 aromatic heterocycles. The fraction of sp³-hybridized carbons (Fsp3) is 0.286. The normalized spacial score (nSPS) is 10.7. The van der Waals surface area contributed by atoms with Crippen molar-refractivity contribution in [3.63, 3.8) is 0 Å². The van der Waals surface area contributed by atoms with E-state index in [1.807, 2.05) is 51.1 Å². The Hall–Kier alpha value is -1.68. The standard InChI is InChI=1S/C14H16N2OS/c1-9(2)17-12-6-4-11(5-7-12)13-8-14(18)16-10(3)15-13/h4-9H,1-3H3,(H,15,16,18). The number of H-pyrrole nitrogens is 1. The average Bonchev–Trinajstić information content (AvgIpc) is 2.27. The second-order valence-corrected chi connectivity index (χ2v) is 4.83. The van der Waals surface area contributed by atoms with E-state index in [1.54, 1.807) is 0 Å². The van der Waals surface area contributed by atoms with Gasteiger partial charge in [0.2, 0.25) is 0 Å². The van der Waals surface area contributed by atoms with Crippen molar-refractivity contribution in [1.29, 1.82) is 0 Å². The van der Waals surface area contributed by atoms with E-state index in [-0.39, 0.29) is 6.10 Å². The first-order valence-corrected chi connectivity index (χ1v) is 6.30. The number of aryl methyl sites for hydroxylation is 1. The predicted molar refractivity (Wildman–Crippen MR) is 75.4 cm³/mol. The third kappa shape index (κ3) is 3.17. The van der Waals surface area contributed by atoms with Crippen molar-refractivity contribution in [3.05, 3.63) is 40.8 Å². The van der Waals surface area contributed by atoms with Crippen molar-refractivity contribution in [2.45, 2.75) is 26.9 Å². The number of aromatic nitrogens is 2. The molecule has 94 valence electrons. The van der Waals surface area contributed by atoms with Crippen LogP contribution in [0.2, 0.25) is 0 Å². The number of benzene rings is 1. The van der Waals surface area contributed by atoms with Gasteiger partial charge in [-0.05, 0) is 56.7 Å². The summed E-state index contributed by atoms with van der Waals surface area (Å²) in [5, 5.41) is 0. The number of ether oxygens (including phenoxy) is 1. The number of nitrogens with one attached hydrogen (secondary N) is 1. The second-order valence-electron chi connectivity index (χ2n) is 4.41.